The number of carbonyl (C=O) groups is 1. The minimum absolute atomic E-state index is 0.0274. The number of nitrogens with zero attached hydrogens (tertiary/aromatic N) is 1. The molecule has 1 fully saturated rings. The summed E-state index contributed by atoms with van der Waals surface area (Å²) in [7, 11) is 1.65. The van der Waals surface area contributed by atoms with Gasteiger partial charge < -0.3 is 10.1 Å². The van der Waals surface area contributed by atoms with E-state index in [4.69, 9.17) is 10.1 Å². The first-order chi connectivity index (χ1) is 12.8. The molecule has 3 rings (SSSR count). The summed E-state index contributed by atoms with van der Waals surface area (Å²) in [6.07, 6.45) is 0.709. The van der Waals surface area contributed by atoms with Gasteiger partial charge in [-0.1, -0.05) is 50.2 Å². The minimum Gasteiger partial charge on any atom is -0.497 e. The highest BCUT2D eigenvalue weighted by Crippen LogP contribution is 2.27. The van der Waals surface area contributed by atoms with E-state index in [9.17, 15) is 4.79 Å². The second kappa shape index (κ2) is 7.43. The molecule has 0 radical (unpaired) electrons. The number of carbonyl (C=O) groups excluding carboxylic acids is 1. The fourth-order valence-electron chi connectivity index (χ4n) is 3.66. The van der Waals surface area contributed by atoms with E-state index in [0.717, 1.165) is 22.4 Å². The van der Waals surface area contributed by atoms with Crippen molar-refractivity contribution < 1.29 is 9.53 Å². The molecule has 1 saturated heterocycles. The monoisotopic (exact) mass is 365 g/mol. The van der Waals surface area contributed by atoms with Crippen molar-refractivity contribution in [3.63, 3.8) is 0 Å². The second-order valence-corrected chi connectivity index (χ2v) is 7.72. The molecule has 1 heterocycles. The molecule has 1 atom stereocenters. The van der Waals surface area contributed by atoms with Gasteiger partial charge in [-0.3, -0.25) is 15.1 Å². The Morgan fingerprint density at radius 3 is 2.15 bits per heavy atom. The SMILES string of the molecule is COc1ccc(-c2ccc(CN3C(=N)NC(C)(CC(C)C)C3=O)cc2)cc1. The van der Waals surface area contributed by atoms with Crippen molar-refractivity contribution in [3.05, 3.63) is 54.1 Å². The molecule has 0 aliphatic carbocycles. The lowest BCUT2D eigenvalue weighted by atomic mass is 9.91. The van der Waals surface area contributed by atoms with Crippen molar-refractivity contribution in [1.82, 2.24) is 10.2 Å². The van der Waals surface area contributed by atoms with E-state index in [2.05, 4.69) is 19.2 Å². The Bertz CT molecular complexity index is 828. The van der Waals surface area contributed by atoms with Crippen molar-refractivity contribution in [1.29, 1.82) is 5.41 Å². The molecular formula is C22H27N3O2. The van der Waals surface area contributed by atoms with Crippen LogP contribution in [-0.4, -0.2) is 29.4 Å². The summed E-state index contributed by atoms with van der Waals surface area (Å²) < 4.78 is 5.20. The Labute approximate surface area is 160 Å². The highest BCUT2D eigenvalue weighted by atomic mass is 16.5. The van der Waals surface area contributed by atoms with Gasteiger partial charge >= 0.3 is 0 Å². The van der Waals surface area contributed by atoms with Gasteiger partial charge in [0, 0.05) is 0 Å². The molecule has 1 amide bonds. The van der Waals surface area contributed by atoms with Gasteiger partial charge in [0.15, 0.2) is 5.96 Å². The maximum Gasteiger partial charge on any atom is 0.255 e. The Balaban J connectivity index is 1.72. The summed E-state index contributed by atoms with van der Waals surface area (Å²) in [5, 5.41) is 11.3. The molecule has 1 aliphatic heterocycles. The number of methoxy groups -OCH3 is 1. The van der Waals surface area contributed by atoms with E-state index in [1.165, 1.54) is 4.90 Å². The Hall–Kier alpha value is -2.82. The van der Waals surface area contributed by atoms with Gasteiger partial charge in [-0.05, 0) is 48.1 Å². The van der Waals surface area contributed by atoms with Crippen LogP contribution in [0.1, 0.15) is 32.8 Å². The van der Waals surface area contributed by atoms with E-state index >= 15 is 0 Å². The molecule has 5 heteroatoms. The van der Waals surface area contributed by atoms with Crippen LogP contribution >= 0.6 is 0 Å². The first-order valence-electron chi connectivity index (χ1n) is 9.24. The molecule has 1 unspecified atom stereocenters. The second-order valence-electron chi connectivity index (χ2n) is 7.72. The lowest BCUT2D eigenvalue weighted by molar-refractivity contribution is -0.131. The third-order valence-corrected chi connectivity index (χ3v) is 4.92. The van der Waals surface area contributed by atoms with Crippen LogP contribution < -0.4 is 10.1 Å². The fourth-order valence-corrected chi connectivity index (χ4v) is 3.66. The molecule has 0 spiro atoms. The van der Waals surface area contributed by atoms with E-state index in [1.807, 2.05) is 55.5 Å². The van der Waals surface area contributed by atoms with Crippen LogP contribution in [-0.2, 0) is 11.3 Å². The molecule has 2 N–H and O–H groups in total. The molecule has 1 aliphatic rings. The number of guanidine groups is 1. The fraction of sp³-hybridized carbons (Fsp3) is 0.364. The zero-order valence-corrected chi connectivity index (χ0v) is 16.4. The molecular weight excluding hydrogens is 338 g/mol. The van der Waals surface area contributed by atoms with Gasteiger partial charge in [0.25, 0.3) is 5.91 Å². The van der Waals surface area contributed by atoms with Crippen LogP contribution in [0.5, 0.6) is 5.75 Å². The summed E-state index contributed by atoms with van der Waals surface area (Å²) in [5.41, 5.74) is 2.53. The lowest BCUT2D eigenvalue weighted by Crippen LogP contribution is -2.44. The lowest BCUT2D eigenvalue weighted by Gasteiger charge is -2.24. The van der Waals surface area contributed by atoms with Crippen LogP contribution in [0.25, 0.3) is 11.1 Å². The van der Waals surface area contributed by atoms with Crippen LogP contribution in [0.2, 0.25) is 0 Å². The van der Waals surface area contributed by atoms with Crippen LogP contribution in [0.4, 0.5) is 0 Å². The van der Waals surface area contributed by atoms with Gasteiger partial charge in [0.05, 0.1) is 13.7 Å². The minimum atomic E-state index is -0.686. The predicted molar refractivity (Wildman–Crippen MR) is 108 cm³/mol. The first kappa shape index (κ1) is 19.0. The van der Waals surface area contributed by atoms with Crippen LogP contribution in [0.3, 0.4) is 0 Å². The first-order valence-corrected chi connectivity index (χ1v) is 9.24. The Kier molecular flexibility index (Phi) is 5.22. The Morgan fingerprint density at radius 2 is 1.63 bits per heavy atom. The number of hydrogen-bond donors (Lipinski definition) is 2. The molecule has 27 heavy (non-hydrogen) atoms. The standard InChI is InChI=1S/C22H27N3O2/c1-15(2)13-22(3)20(26)25(21(23)24-22)14-16-5-7-17(8-6-16)18-9-11-19(27-4)12-10-18/h5-12,15H,13-14H2,1-4H3,(H2,23,24). The quantitative estimate of drug-likeness (QED) is 0.812. The smallest absolute Gasteiger partial charge is 0.255 e. The Morgan fingerprint density at radius 1 is 1.07 bits per heavy atom. The summed E-state index contributed by atoms with van der Waals surface area (Å²) in [5.74, 6) is 1.36. The maximum atomic E-state index is 12.8. The van der Waals surface area contributed by atoms with Gasteiger partial charge in [0.2, 0.25) is 0 Å². The van der Waals surface area contributed by atoms with Crippen molar-refractivity contribution in [2.24, 2.45) is 5.92 Å². The number of nitrogens with one attached hydrogen (secondary N) is 2. The van der Waals surface area contributed by atoms with E-state index in [-0.39, 0.29) is 11.9 Å². The number of benzene rings is 2. The number of rotatable bonds is 6. The molecule has 0 aromatic heterocycles. The number of ether oxygens (including phenoxy) is 1. The average molecular weight is 365 g/mol. The van der Waals surface area contributed by atoms with E-state index in [1.54, 1.807) is 7.11 Å². The average Bonchev–Trinajstić information content (AvgIpc) is 2.84. The molecule has 2 aromatic carbocycles. The van der Waals surface area contributed by atoms with Crippen molar-refractivity contribution >= 4 is 11.9 Å². The zero-order chi connectivity index (χ0) is 19.6. The molecule has 5 nitrogen and oxygen atoms in total. The largest absolute Gasteiger partial charge is 0.497 e. The number of amides is 1. The van der Waals surface area contributed by atoms with Gasteiger partial charge in [-0.25, -0.2) is 0 Å². The summed E-state index contributed by atoms with van der Waals surface area (Å²) in [4.78, 5) is 14.4. The highest BCUT2D eigenvalue weighted by molar-refractivity contribution is 6.07. The van der Waals surface area contributed by atoms with Crippen LogP contribution in [0, 0.1) is 11.3 Å². The topological polar surface area (TPSA) is 65.4 Å². The molecule has 142 valence electrons. The van der Waals surface area contributed by atoms with E-state index in [0.29, 0.717) is 18.9 Å². The predicted octanol–water partition coefficient (Wildman–Crippen LogP) is 4.03. The molecule has 2 aromatic rings. The van der Waals surface area contributed by atoms with Gasteiger partial charge in [0.1, 0.15) is 11.3 Å². The number of hydrogen-bond acceptors (Lipinski definition) is 3. The normalized spacial score (nSPS) is 19.5. The van der Waals surface area contributed by atoms with Crippen molar-refractivity contribution in [2.45, 2.75) is 39.3 Å². The summed E-state index contributed by atoms with van der Waals surface area (Å²) in [6.45, 7) is 6.46. The third kappa shape index (κ3) is 3.97. The third-order valence-electron chi connectivity index (χ3n) is 4.92. The summed E-state index contributed by atoms with van der Waals surface area (Å²) >= 11 is 0. The summed E-state index contributed by atoms with van der Waals surface area (Å²) in [6, 6.07) is 16.0. The van der Waals surface area contributed by atoms with Crippen LogP contribution in [0.15, 0.2) is 48.5 Å². The van der Waals surface area contributed by atoms with E-state index < -0.39 is 5.54 Å². The van der Waals surface area contributed by atoms with Crippen molar-refractivity contribution in [3.8, 4) is 16.9 Å². The highest BCUT2D eigenvalue weighted by Gasteiger charge is 2.45. The van der Waals surface area contributed by atoms with Gasteiger partial charge in [-0.15, -0.1) is 0 Å². The van der Waals surface area contributed by atoms with Gasteiger partial charge in [-0.2, -0.15) is 0 Å². The van der Waals surface area contributed by atoms with Crippen molar-refractivity contribution in [2.75, 3.05) is 7.11 Å². The molecule has 0 saturated carbocycles. The zero-order valence-electron chi connectivity index (χ0n) is 16.4. The molecule has 0 bridgehead atoms. The maximum absolute atomic E-state index is 12.8.